The SMILES string of the molecule is Cc1nn2c(NCCCN3CCOCC3)c3c(nc2c1-c1ccccc1)CCCC3. The molecule has 1 aliphatic carbocycles. The highest BCUT2D eigenvalue weighted by molar-refractivity contribution is 5.81. The first kappa shape index (κ1) is 19.5. The Balaban J connectivity index is 1.45. The van der Waals surface area contributed by atoms with Crippen LogP contribution in [0.15, 0.2) is 30.3 Å². The highest BCUT2D eigenvalue weighted by Crippen LogP contribution is 2.33. The summed E-state index contributed by atoms with van der Waals surface area (Å²) in [5.74, 6) is 1.15. The molecule has 1 fully saturated rings. The zero-order valence-corrected chi connectivity index (χ0v) is 17.9. The van der Waals surface area contributed by atoms with Crippen molar-refractivity contribution in [2.24, 2.45) is 0 Å². The van der Waals surface area contributed by atoms with Gasteiger partial charge in [0.1, 0.15) is 5.82 Å². The van der Waals surface area contributed by atoms with E-state index in [0.29, 0.717) is 0 Å². The highest BCUT2D eigenvalue weighted by Gasteiger charge is 2.23. The van der Waals surface area contributed by atoms with E-state index in [1.165, 1.54) is 29.7 Å². The first-order valence-corrected chi connectivity index (χ1v) is 11.3. The summed E-state index contributed by atoms with van der Waals surface area (Å²) in [6.45, 7) is 7.98. The molecule has 30 heavy (non-hydrogen) atoms. The van der Waals surface area contributed by atoms with E-state index in [2.05, 4.69) is 52.0 Å². The number of morpholine rings is 1. The van der Waals surface area contributed by atoms with Crippen molar-refractivity contribution in [2.45, 2.75) is 39.0 Å². The smallest absolute Gasteiger partial charge is 0.165 e. The monoisotopic (exact) mass is 405 g/mol. The summed E-state index contributed by atoms with van der Waals surface area (Å²) < 4.78 is 7.53. The fraction of sp³-hybridized carbons (Fsp3) is 0.500. The second-order valence-corrected chi connectivity index (χ2v) is 8.39. The lowest BCUT2D eigenvalue weighted by atomic mass is 9.96. The number of nitrogens with zero attached hydrogens (tertiary/aromatic N) is 4. The molecule has 0 atom stereocenters. The van der Waals surface area contributed by atoms with Crippen LogP contribution in [-0.2, 0) is 17.6 Å². The zero-order valence-electron chi connectivity index (χ0n) is 17.9. The Kier molecular flexibility index (Phi) is 5.69. The van der Waals surface area contributed by atoms with Gasteiger partial charge in [0.05, 0.1) is 18.9 Å². The Morgan fingerprint density at radius 2 is 1.87 bits per heavy atom. The number of hydrogen-bond acceptors (Lipinski definition) is 5. The molecule has 3 aromatic rings. The van der Waals surface area contributed by atoms with Crippen molar-refractivity contribution >= 4 is 11.5 Å². The average Bonchev–Trinajstić information content (AvgIpc) is 3.12. The first-order valence-electron chi connectivity index (χ1n) is 11.3. The molecule has 2 aliphatic rings. The van der Waals surface area contributed by atoms with Gasteiger partial charge >= 0.3 is 0 Å². The van der Waals surface area contributed by atoms with E-state index in [9.17, 15) is 0 Å². The van der Waals surface area contributed by atoms with Gasteiger partial charge in [-0.05, 0) is 51.1 Å². The van der Waals surface area contributed by atoms with E-state index in [0.717, 1.165) is 81.4 Å². The van der Waals surface area contributed by atoms with Gasteiger partial charge in [0.2, 0.25) is 0 Å². The summed E-state index contributed by atoms with van der Waals surface area (Å²) in [5, 5.41) is 8.68. The van der Waals surface area contributed by atoms with Crippen molar-refractivity contribution in [3.05, 3.63) is 47.3 Å². The van der Waals surface area contributed by atoms with Crippen LogP contribution in [-0.4, -0.2) is 58.9 Å². The number of fused-ring (bicyclic) bond motifs is 2. The molecule has 6 nitrogen and oxygen atoms in total. The third-order valence-electron chi connectivity index (χ3n) is 6.32. The predicted molar refractivity (Wildman–Crippen MR) is 120 cm³/mol. The lowest BCUT2D eigenvalue weighted by molar-refractivity contribution is 0.0378. The molecule has 0 amide bonds. The van der Waals surface area contributed by atoms with Gasteiger partial charge in [-0.1, -0.05) is 30.3 Å². The van der Waals surface area contributed by atoms with Gasteiger partial charge in [-0.2, -0.15) is 9.61 Å². The molecule has 1 saturated heterocycles. The van der Waals surface area contributed by atoms with Gasteiger partial charge in [0.15, 0.2) is 5.65 Å². The maximum absolute atomic E-state index is 5.46. The molecule has 0 bridgehead atoms. The van der Waals surface area contributed by atoms with Gasteiger partial charge in [-0.25, -0.2) is 4.98 Å². The van der Waals surface area contributed by atoms with Crippen molar-refractivity contribution in [1.29, 1.82) is 0 Å². The molecular weight excluding hydrogens is 374 g/mol. The third-order valence-corrected chi connectivity index (χ3v) is 6.32. The van der Waals surface area contributed by atoms with E-state index < -0.39 is 0 Å². The number of nitrogens with one attached hydrogen (secondary N) is 1. The highest BCUT2D eigenvalue weighted by atomic mass is 16.5. The maximum Gasteiger partial charge on any atom is 0.165 e. The quantitative estimate of drug-likeness (QED) is 0.634. The molecule has 0 radical (unpaired) electrons. The van der Waals surface area contributed by atoms with E-state index in [1.54, 1.807) is 0 Å². The Hall–Kier alpha value is -2.44. The maximum atomic E-state index is 5.46. The van der Waals surface area contributed by atoms with Crippen LogP contribution in [0, 0.1) is 6.92 Å². The summed E-state index contributed by atoms with van der Waals surface area (Å²) in [5.41, 5.74) is 6.97. The topological polar surface area (TPSA) is 54.7 Å². The van der Waals surface area contributed by atoms with Crippen LogP contribution in [0.5, 0.6) is 0 Å². The van der Waals surface area contributed by atoms with Gasteiger partial charge in [0.25, 0.3) is 0 Å². The molecule has 5 rings (SSSR count). The second kappa shape index (κ2) is 8.74. The summed E-state index contributed by atoms with van der Waals surface area (Å²) in [7, 11) is 0. The molecule has 1 aliphatic heterocycles. The largest absolute Gasteiger partial charge is 0.379 e. The minimum atomic E-state index is 0.862. The molecule has 158 valence electrons. The molecule has 3 heterocycles. The molecule has 0 saturated carbocycles. The molecular formula is C24H31N5O. The Bertz CT molecular complexity index is 1010. The van der Waals surface area contributed by atoms with E-state index in [1.807, 2.05) is 0 Å². The normalized spacial score (nSPS) is 17.2. The summed E-state index contributed by atoms with van der Waals surface area (Å²) in [6.07, 6.45) is 5.72. The Morgan fingerprint density at radius 1 is 1.07 bits per heavy atom. The predicted octanol–water partition coefficient (Wildman–Crippen LogP) is 3.72. The van der Waals surface area contributed by atoms with Gasteiger partial charge in [-0.15, -0.1) is 0 Å². The number of hydrogen-bond donors (Lipinski definition) is 1. The third kappa shape index (κ3) is 3.82. The lowest BCUT2D eigenvalue weighted by Gasteiger charge is -2.26. The van der Waals surface area contributed by atoms with Gasteiger partial charge in [-0.3, -0.25) is 4.90 Å². The van der Waals surface area contributed by atoms with E-state index in [4.69, 9.17) is 14.8 Å². The zero-order chi connectivity index (χ0) is 20.3. The van der Waals surface area contributed by atoms with Crippen LogP contribution < -0.4 is 5.32 Å². The van der Waals surface area contributed by atoms with Crippen molar-refractivity contribution in [1.82, 2.24) is 19.5 Å². The van der Waals surface area contributed by atoms with Crippen LogP contribution in [0.1, 0.15) is 36.2 Å². The standard InChI is InChI=1S/C24H31N5O/c1-18-22(19-8-3-2-4-9-19)24-26-21-11-6-5-10-20(21)23(29(24)27-18)25-12-7-13-28-14-16-30-17-15-28/h2-4,8-9,25H,5-7,10-17H2,1H3. The van der Waals surface area contributed by atoms with Crippen molar-refractivity contribution in [3.8, 4) is 11.1 Å². The number of benzene rings is 1. The average molecular weight is 406 g/mol. The summed E-state index contributed by atoms with van der Waals surface area (Å²) in [4.78, 5) is 7.61. The van der Waals surface area contributed by atoms with Crippen LogP contribution in [0.25, 0.3) is 16.8 Å². The summed E-state index contributed by atoms with van der Waals surface area (Å²) >= 11 is 0. The Labute approximate surface area is 178 Å². The lowest BCUT2D eigenvalue weighted by Crippen LogP contribution is -2.37. The number of aryl methyl sites for hydroxylation is 2. The first-order chi connectivity index (χ1) is 14.8. The molecule has 6 heteroatoms. The van der Waals surface area contributed by atoms with Crippen molar-refractivity contribution in [2.75, 3.05) is 44.7 Å². The van der Waals surface area contributed by atoms with Crippen LogP contribution in [0.3, 0.4) is 0 Å². The van der Waals surface area contributed by atoms with Crippen LogP contribution >= 0.6 is 0 Å². The molecule has 1 aromatic carbocycles. The number of anilines is 1. The van der Waals surface area contributed by atoms with E-state index in [-0.39, 0.29) is 0 Å². The molecule has 1 N–H and O–H groups in total. The van der Waals surface area contributed by atoms with Crippen LogP contribution in [0.4, 0.5) is 5.82 Å². The number of rotatable bonds is 6. The van der Waals surface area contributed by atoms with Gasteiger partial charge < -0.3 is 10.1 Å². The Morgan fingerprint density at radius 3 is 2.70 bits per heavy atom. The van der Waals surface area contributed by atoms with Crippen molar-refractivity contribution < 1.29 is 4.74 Å². The molecule has 2 aromatic heterocycles. The minimum Gasteiger partial charge on any atom is -0.379 e. The molecule has 0 unspecified atom stereocenters. The fourth-order valence-corrected chi connectivity index (χ4v) is 4.76. The second-order valence-electron chi connectivity index (χ2n) is 8.39. The minimum absolute atomic E-state index is 0.862. The van der Waals surface area contributed by atoms with Crippen molar-refractivity contribution in [3.63, 3.8) is 0 Å². The van der Waals surface area contributed by atoms with Gasteiger partial charge in [0, 0.05) is 36.5 Å². The fourth-order valence-electron chi connectivity index (χ4n) is 4.76. The number of ether oxygens (including phenoxy) is 1. The summed E-state index contributed by atoms with van der Waals surface area (Å²) in [6, 6.07) is 10.5. The number of aromatic nitrogens is 3. The molecule has 0 spiro atoms. The van der Waals surface area contributed by atoms with Crippen LogP contribution in [0.2, 0.25) is 0 Å². The van der Waals surface area contributed by atoms with E-state index >= 15 is 0 Å².